The predicted molar refractivity (Wildman–Crippen MR) is 333 cm³/mol. The number of hydrogen-bond donors (Lipinski definition) is 0. The standard InChI is InChI=1S/C67H110N2.2C2H5O.Ni/c1-9-17-23-25-26-27-28-29-30-31-32-33-34-35-36-37-38-39-40-41-43-51-65-64(50-42-24-18-10-2)66(60-52-56(46-19-11-3)62(44-15-7)57(53-60)47-20-12-4)69(68)67(65)61-54-58(48-21-13-5)63(45-16-8)59(55-61)49-22-14-6;2*1-2-3;/h15-16,44-45,52-55H,9-14,17-43,46-51H2,1-8H3;2*2H2,1H3;/q;2*-1;+2. The van der Waals surface area contributed by atoms with E-state index in [1.807, 2.05) is 13.8 Å². The summed E-state index contributed by atoms with van der Waals surface area (Å²) in [6.45, 7) is 23.5. The van der Waals surface area contributed by atoms with Crippen LogP contribution < -0.4 is 0 Å². The van der Waals surface area contributed by atoms with Gasteiger partial charge in [0.05, 0.1) is 0 Å². The van der Waals surface area contributed by atoms with Gasteiger partial charge in [0.15, 0.2) is 0 Å². The van der Waals surface area contributed by atoms with Crippen molar-refractivity contribution in [3.05, 3.63) is 97.6 Å². The molecule has 76 heavy (non-hydrogen) atoms. The third kappa shape index (κ3) is 28.0. The molecular formula is C71H120N2NiO2. The SMILES string of the molecule is CC=Cc1c(CCCC)cc(C2=C(CCCCCC)C(CCCCCCCCCCCCCCCCCCCCCCC)=C(c3cc(CCCC)c(C=CC)c(CCCC)c3)[N+]2=[N-])cc1CCCC.CC[O][Ni][O]CC. The van der Waals surface area contributed by atoms with E-state index < -0.39 is 0 Å². The monoisotopic (exact) mass is 1090 g/mol. The number of hydrogen-bond acceptors (Lipinski definition) is 2. The molecule has 3 rings (SSSR count). The summed E-state index contributed by atoms with van der Waals surface area (Å²) in [7, 11) is 0. The zero-order chi connectivity index (χ0) is 55.3. The van der Waals surface area contributed by atoms with Crippen LogP contribution in [0.5, 0.6) is 0 Å². The molecule has 0 atom stereocenters. The molecule has 0 unspecified atom stereocenters. The fourth-order valence-corrected chi connectivity index (χ4v) is 11.6. The molecule has 0 saturated carbocycles. The first-order chi connectivity index (χ1) is 37.3. The van der Waals surface area contributed by atoms with Gasteiger partial charge in [0.1, 0.15) is 0 Å². The van der Waals surface area contributed by atoms with Gasteiger partial charge in [-0.15, -0.1) is 0 Å². The van der Waals surface area contributed by atoms with E-state index in [0.29, 0.717) is 13.2 Å². The molecular weight excluding hydrogens is 971 g/mol. The Morgan fingerprint density at radius 3 is 0.855 bits per heavy atom. The number of rotatable bonds is 47. The quantitative estimate of drug-likeness (QED) is 0.0377. The first-order valence-electron chi connectivity index (χ1n) is 32.7. The second-order valence-corrected chi connectivity index (χ2v) is 23.0. The van der Waals surface area contributed by atoms with Crippen LogP contribution in [0.3, 0.4) is 0 Å². The maximum absolute atomic E-state index is 13.1. The van der Waals surface area contributed by atoms with Crippen LogP contribution in [0.2, 0.25) is 0 Å². The van der Waals surface area contributed by atoms with Gasteiger partial charge in [-0.2, -0.15) is 0 Å². The van der Waals surface area contributed by atoms with Crippen molar-refractivity contribution in [2.24, 2.45) is 0 Å². The molecule has 2 aromatic rings. The molecule has 436 valence electrons. The minimum atomic E-state index is 0.708. The van der Waals surface area contributed by atoms with Crippen LogP contribution in [0.1, 0.15) is 338 Å². The van der Waals surface area contributed by atoms with E-state index >= 15 is 0 Å². The van der Waals surface area contributed by atoms with Crippen LogP contribution in [0.25, 0.3) is 29.1 Å². The topological polar surface area (TPSA) is 43.8 Å². The Labute approximate surface area is 478 Å². The summed E-state index contributed by atoms with van der Waals surface area (Å²) < 4.78 is 11.3. The average molecular weight is 1090 g/mol. The van der Waals surface area contributed by atoms with Crippen molar-refractivity contribution in [1.82, 2.24) is 0 Å². The van der Waals surface area contributed by atoms with E-state index in [4.69, 9.17) is 7.76 Å². The van der Waals surface area contributed by atoms with E-state index in [9.17, 15) is 5.53 Å². The van der Waals surface area contributed by atoms with Gasteiger partial charge < -0.3 is 5.53 Å². The summed E-state index contributed by atoms with van der Waals surface area (Å²) in [6, 6.07) is 9.95. The fraction of sp³-hybridized carbons (Fsp3) is 0.718. The number of aryl methyl sites for hydroxylation is 4. The Balaban J connectivity index is 0.00000263. The Bertz CT molecular complexity index is 1860. The predicted octanol–water partition coefficient (Wildman–Crippen LogP) is 23.8. The summed E-state index contributed by atoms with van der Waals surface area (Å²) >= 11 is 0.899. The van der Waals surface area contributed by atoms with Gasteiger partial charge >= 0.3 is 49.9 Å². The van der Waals surface area contributed by atoms with Gasteiger partial charge in [0, 0.05) is 22.3 Å². The van der Waals surface area contributed by atoms with Crippen molar-refractivity contribution in [2.45, 2.75) is 320 Å². The maximum atomic E-state index is 13.1. The normalized spacial score (nSPS) is 12.9. The van der Waals surface area contributed by atoms with Crippen molar-refractivity contribution in [3.63, 3.8) is 0 Å². The Morgan fingerprint density at radius 2 is 0.605 bits per heavy atom. The van der Waals surface area contributed by atoms with E-state index in [1.54, 1.807) is 4.70 Å². The van der Waals surface area contributed by atoms with Crippen molar-refractivity contribution in [2.75, 3.05) is 13.2 Å². The Hall–Kier alpha value is -2.59. The molecule has 0 saturated heterocycles. The average Bonchev–Trinajstić information content (AvgIpc) is 3.71. The number of benzene rings is 2. The second kappa shape index (κ2) is 47.2. The zero-order valence-electron chi connectivity index (χ0n) is 51.6. The number of unbranched alkanes of at least 4 members (excludes halogenated alkanes) is 27. The molecule has 4 nitrogen and oxygen atoms in total. The second-order valence-electron chi connectivity index (χ2n) is 22.2. The number of nitrogens with zero attached hydrogens (tertiary/aromatic N) is 2. The van der Waals surface area contributed by atoms with Gasteiger partial charge in [-0.1, -0.05) is 239 Å². The van der Waals surface area contributed by atoms with Crippen LogP contribution in [0.15, 0.2) is 47.6 Å². The molecule has 2 aromatic carbocycles. The van der Waals surface area contributed by atoms with Crippen LogP contribution in [0, 0.1) is 0 Å². The number of allylic oxidation sites excluding steroid dienone is 4. The summed E-state index contributed by atoms with van der Waals surface area (Å²) in [5.41, 5.74) is 29.2. The summed E-state index contributed by atoms with van der Waals surface area (Å²) in [5, 5.41) is 0. The molecule has 0 amide bonds. The molecule has 5 heteroatoms. The van der Waals surface area contributed by atoms with Crippen LogP contribution in [-0.4, -0.2) is 17.9 Å². The van der Waals surface area contributed by atoms with E-state index in [1.165, 1.54) is 268 Å². The van der Waals surface area contributed by atoms with Crippen molar-refractivity contribution < 1.29 is 27.5 Å². The molecule has 0 radical (unpaired) electrons. The molecule has 0 aliphatic carbocycles. The zero-order valence-corrected chi connectivity index (χ0v) is 52.6. The van der Waals surface area contributed by atoms with E-state index in [0.717, 1.165) is 65.0 Å². The van der Waals surface area contributed by atoms with Gasteiger partial charge in [-0.3, -0.25) is 0 Å². The Kier molecular flexibility index (Phi) is 43.2. The molecule has 0 spiro atoms. The fourth-order valence-electron chi connectivity index (χ4n) is 11.2. The van der Waals surface area contributed by atoms with Crippen molar-refractivity contribution >= 4 is 23.5 Å². The van der Waals surface area contributed by atoms with E-state index in [2.05, 4.69) is 104 Å². The van der Waals surface area contributed by atoms with Gasteiger partial charge in [-0.05, 0) is 149 Å². The molecule has 1 aliphatic heterocycles. The van der Waals surface area contributed by atoms with Gasteiger partial charge in [-0.25, -0.2) is 4.70 Å². The molecule has 0 fully saturated rings. The van der Waals surface area contributed by atoms with Crippen molar-refractivity contribution in [3.8, 4) is 0 Å². The molecule has 0 bridgehead atoms. The summed E-state index contributed by atoms with van der Waals surface area (Å²) in [4.78, 5) is 0. The molecule has 0 N–H and O–H groups in total. The van der Waals surface area contributed by atoms with Crippen molar-refractivity contribution in [1.29, 1.82) is 0 Å². The van der Waals surface area contributed by atoms with Crippen LogP contribution in [-0.2, 0) is 48.5 Å². The van der Waals surface area contributed by atoms with Crippen LogP contribution in [0.4, 0.5) is 0 Å². The van der Waals surface area contributed by atoms with Gasteiger partial charge in [0.25, 0.3) is 0 Å². The third-order valence-electron chi connectivity index (χ3n) is 15.5. The van der Waals surface area contributed by atoms with Gasteiger partial charge in [0.2, 0.25) is 11.4 Å². The summed E-state index contributed by atoms with van der Waals surface area (Å²) in [6.07, 6.45) is 59.4. The molecule has 1 heterocycles. The molecule has 0 aromatic heterocycles. The third-order valence-corrected chi connectivity index (χ3v) is 16.3. The minimum absolute atomic E-state index is 0.708. The molecule has 1 aliphatic rings. The van der Waals surface area contributed by atoms with Crippen LogP contribution >= 0.6 is 0 Å². The van der Waals surface area contributed by atoms with E-state index in [-0.39, 0.29) is 0 Å². The summed E-state index contributed by atoms with van der Waals surface area (Å²) in [5.74, 6) is 0. The first kappa shape index (κ1) is 69.5. The Morgan fingerprint density at radius 1 is 0.355 bits per heavy atom. The first-order valence-corrected chi connectivity index (χ1v) is 33.5.